The molecule has 0 saturated carbocycles. The topological polar surface area (TPSA) is 94.1 Å². The molecule has 1 amide bonds. The van der Waals surface area contributed by atoms with Crippen LogP contribution in [-0.2, 0) is 16.6 Å². The highest BCUT2D eigenvalue weighted by Crippen LogP contribution is 2.50. The average molecular weight is 463 g/mol. The van der Waals surface area contributed by atoms with Gasteiger partial charge in [-0.05, 0) is 31.9 Å². The first kappa shape index (κ1) is 22.4. The largest absolute Gasteiger partial charge is 0.422 e. The number of hydrogen-bond donors (Lipinski definition) is 3. The van der Waals surface area contributed by atoms with Crippen LogP contribution in [0, 0.1) is 0 Å². The van der Waals surface area contributed by atoms with Crippen molar-refractivity contribution in [2.45, 2.75) is 56.1 Å². The number of H-pyrrole nitrogens is 1. The zero-order chi connectivity index (χ0) is 23.5. The minimum absolute atomic E-state index is 0.0201. The van der Waals surface area contributed by atoms with Gasteiger partial charge in [-0.2, -0.15) is 31.4 Å². The van der Waals surface area contributed by atoms with Gasteiger partial charge in [-0.3, -0.25) is 9.89 Å². The normalized spacial score (nSPS) is 26.6. The molecule has 4 heterocycles. The van der Waals surface area contributed by atoms with Crippen molar-refractivity contribution in [3.05, 3.63) is 35.2 Å². The van der Waals surface area contributed by atoms with Crippen molar-refractivity contribution in [2.24, 2.45) is 0 Å². The SMILES string of the molecule is C[C@@H]1C[C@H](c2n[nH]c3c2C(O)(C(F)(F)F)CC(=O)N3)CCN1c1ccc(C(F)(F)F)cn1. The summed E-state index contributed by atoms with van der Waals surface area (Å²) in [6.45, 7) is 2.09. The van der Waals surface area contributed by atoms with Gasteiger partial charge in [-0.25, -0.2) is 4.98 Å². The molecule has 2 aliphatic heterocycles. The summed E-state index contributed by atoms with van der Waals surface area (Å²) < 4.78 is 79.4. The Morgan fingerprint density at radius 1 is 1.22 bits per heavy atom. The number of fused-ring (bicyclic) bond motifs is 1. The van der Waals surface area contributed by atoms with E-state index in [-0.39, 0.29) is 17.6 Å². The third-order valence-electron chi connectivity index (χ3n) is 5.99. The number of carbonyl (C=O) groups excluding carboxylic acids is 1. The average Bonchev–Trinajstić information content (AvgIpc) is 3.11. The lowest BCUT2D eigenvalue weighted by Gasteiger charge is -2.40. The lowest BCUT2D eigenvalue weighted by Crippen LogP contribution is -2.49. The van der Waals surface area contributed by atoms with Gasteiger partial charge in [0, 0.05) is 24.7 Å². The standard InChI is InChI=1S/C19H19F6N5O2/c1-9-6-10(4-5-30(9)12-3-2-11(8-26-12)18(20,21)22)15-14-16(29-28-15)27-13(31)7-17(14,32)19(23,24)25/h2-3,8-10,32H,4-7H2,1H3,(H2,27,28,29,31)/t9-,10-,17?/m1/s1. The summed E-state index contributed by atoms with van der Waals surface area (Å²) in [5, 5.41) is 19.1. The maximum atomic E-state index is 13.7. The van der Waals surface area contributed by atoms with Gasteiger partial charge in [-0.15, -0.1) is 0 Å². The van der Waals surface area contributed by atoms with Gasteiger partial charge in [0.1, 0.15) is 11.6 Å². The first-order valence-electron chi connectivity index (χ1n) is 9.79. The molecule has 3 N–H and O–H groups in total. The lowest BCUT2D eigenvalue weighted by atomic mass is 9.80. The number of aromatic nitrogens is 3. The number of aromatic amines is 1. The third-order valence-corrected chi connectivity index (χ3v) is 5.99. The predicted octanol–water partition coefficient (Wildman–Crippen LogP) is 3.69. The predicted molar refractivity (Wildman–Crippen MR) is 99.8 cm³/mol. The third kappa shape index (κ3) is 3.67. The fourth-order valence-corrected chi connectivity index (χ4v) is 4.39. The molecule has 1 unspecified atom stereocenters. The highest BCUT2D eigenvalue weighted by Gasteiger charge is 2.61. The summed E-state index contributed by atoms with van der Waals surface area (Å²) in [5.41, 5.74) is -4.70. The number of carbonyl (C=O) groups is 1. The van der Waals surface area contributed by atoms with Gasteiger partial charge in [0.05, 0.1) is 23.2 Å². The van der Waals surface area contributed by atoms with Gasteiger partial charge in [0.25, 0.3) is 0 Å². The summed E-state index contributed by atoms with van der Waals surface area (Å²) in [7, 11) is 0. The first-order valence-corrected chi connectivity index (χ1v) is 9.79. The molecule has 1 saturated heterocycles. The van der Waals surface area contributed by atoms with E-state index in [4.69, 9.17) is 0 Å². The summed E-state index contributed by atoms with van der Waals surface area (Å²) in [5.74, 6) is -1.41. The zero-order valence-electron chi connectivity index (χ0n) is 16.7. The van der Waals surface area contributed by atoms with Crippen LogP contribution in [0.3, 0.4) is 0 Å². The van der Waals surface area contributed by atoms with Crippen molar-refractivity contribution >= 4 is 17.5 Å². The second-order valence-corrected chi connectivity index (χ2v) is 8.11. The number of anilines is 2. The molecule has 32 heavy (non-hydrogen) atoms. The maximum absolute atomic E-state index is 13.7. The first-order chi connectivity index (χ1) is 14.8. The fourth-order valence-electron chi connectivity index (χ4n) is 4.39. The van der Waals surface area contributed by atoms with E-state index in [2.05, 4.69) is 20.5 Å². The molecule has 13 heteroatoms. The molecule has 4 rings (SSSR count). The van der Waals surface area contributed by atoms with E-state index < -0.39 is 47.3 Å². The van der Waals surface area contributed by atoms with Crippen molar-refractivity contribution in [1.82, 2.24) is 15.2 Å². The molecular formula is C19H19F6N5O2. The van der Waals surface area contributed by atoms with Gasteiger partial charge >= 0.3 is 12.4 Å². The maximum Gasteiger partial charge on any atom is 0.422 e. The number of aliphatic hydroxyl groups is 1. The van der Waals surface area contributed by atoms with Crippen LogP contribution in [0.2, 0.25) is 0 Å². The Labute approximate surface area is 177 Å². The van der Waals surface area contributed by atoms with Crippen molar-refractivity contribution in [3.8, 4) is 0 Å². The van der Waals surface area contributed by atoms with Crippen LogP contribution in [-0.4, -0.2) is 45.0 Å². The second-order valence-electron chi connectivity index (χ2n) is 8.11. The van der Waals surface area contributed by atoms with Crippen LogP contribution in [0.1, 0.15) is 48.9 Å². The number of nitrogens with one attached hydrogen (secondary N) is 2. The summed E-state index contributed by atoms with van der Waals surface area (Å²) in [4.78, 5) is 17.4. The fraction of sp³-hybridized carbons (Fsp3) is 0.526. The number of nitrogens with zero attached hydrogens (tertiary/aromatic N) is 3. The Morgan fingerprint density at radius 2 is 1.94 bits per heavy atom. The highest BCUT2D eigenvalue weighted by atomic mass is 19.4. The summed E-state index contributed by atoms with van der Waals surface area (Å²) >= 11 is 0. The molecule has 0 spiro atoms. The van der Waals surface area contributed by atoms with Crippen molar-refractivity contribution in [2.75, 3.05) is 16.8 Å². The van der Waals surface area contributed by atoms with Gasteiger partial charge in [0.15, 0.2) is 5.60 Å². The van der Waals surface area contributed by atoms with Crippen LogP contribution >= 0.6 is 0 Å². The van der Waals surface area contributed by atoms with E-state index in [0.29, 0.717) is 25.2 Å². The van der Waals surface area contributed by atoms with E-state index >= 15 is 0 Å². The van der Waals surface area contributed by atoms with Crippen LogP contribution in [0.25, 0.3) is 0 Å². The van der Waals surface area contributed by atoms with Crippen LogP contribution in [0.15, 0.2) is 18.3 Å². The van der Waals surface area contributed by atoms with E-state index in [1.165, 1.54) is 6.07 Å². The lowest BCUT2D eigenvalue weighted by molar-refractivity contribution is -0.267. The van der Waals surface area contributed by atoms with E-state index in [9.17, 15) is 36.2 Å². The number of pyridine rings is 1. The highest BCUT2D eigenvalue weighted by molar-refractivity contribution is 5.94. The zero-order valence-corrected chi connectivity index (χ0v) is 16.7. The molecular weight excluding hydrogens is 444 g/mol. The molecule has 7 nitrogen and oxygen atoms in total. The van der Waals surface area contributed by atoms with E-state index in [0.717, 1.165) is 12.3 Å². The summed E-state index contributed by atoms with van der Waals surface area (Å²) in [6, 6.07) is 1.91. The molecule has 2 aromatic heterocycles. The van der Waals surface area contributed by atoms with E-state index in [1.54, 1.807) is 11.8 Å². The van der Waals surface area contributed by atoms with Gasteiger partial charge < -0.3 is 15.3 Å². The molecule has 174 valence electrons. The van der Waals surface area contributed by atoms with Gasteiger partial charge in [-0.1, -0.05) is 0 Å². The minimum Gasteiger partial charge on any atom is -0.376 e. The van der Waals surface area contributed by atoms with Crippen molar-refractivity contribution in [3.63, 3.8) is 0 Å². The number of amides is 1. The van der Waals surface area contributed by atoms with Crippen LogP contribution in [0.5, 0.6) is 0 Å². The molecule has 0 aliphatic carbocycles. The molecule has 2 aliphatic rings. The molecule has 2 aromatic rings. The number of halogens is 6. The van der Waals surface area contributed by atoms with Crippen LogP contribution in [0.4, 0.5) is 38.0 Å². The Hall–Kier alpha value is -2.83. The quantitative estimate of drug-likeness (QED) is 0.591. The smallest absolute Gasteiger partial charge is 0.376 e. The number of alkyl halides is 6. The van der Waals surface area contributed by atoms with Crippen LogP contribution < -0.4 is 10.2 Å². The molecule has 0 aromatic carbocycles. The summed E-state index contributed by atoms with van der Waals surface area (Å²) in [6.07, 6.45) is -9.37. The molecule has 1 fully saturated rings. The number of hydrogen-bond acceptors (Lipinski definition) is 5. The molecule has 3 atom stereocenters. The van der Waals surface area contributed by atoms with E-state index in [1.807, 2.05) is 0 Å². The molecule has 0 radical (unpaired) electrons. The Balaban J connectivity index is 1.58. The Kier molecular flexibility index (Phi) is 5.14. The minimum atomic E-state index is -5.09. The van der Waals surface area contributed by atoms with Crippen molar-refractivity contribution in [1.29, 1.82) is 0 Å². The number of rotatable bonds is 2. The monoisotopic (exact) mass is 463 g/mol. The Bertz CT molecular complexity index is 1020. The van der Waals surface area contributed by atoms with Gasteiger partial charge in [0.2, 0.25) is 5.91 Å². The molecule has 0 bridgehead atoms. The second kappa shape index (κ2) is 7.36. The Morgan fingerprint density at radius 3 is 2.50 bits per heavy atom. The number of piperidine rings is 1. The van der Waals surface area contributed by atoms with Crippen molar-refractivity contribution < 1.29 is 36.2 Å².